The van der Waals surface area contributed by atoms with Crippen molar-refractivity contribution in [3.05, 3.63) is 70.1 Å². The minimum atomic E-state index is -4.67. The topological polar surface area (TPSA) is 42.4 Å². The highest BCUT2D eigenvalue weighted by molar-refractivity contribution is 7.06. The molecule has 0 saturated carbocycles. The fraction of sp³-hybridized carbons (Fsp3) is 0.250. The molecule has 0 spiro atoms. The summed E-state index contributed by atoms with van der Waals surface area (Å²) in [4.78, 5) is -0.975. The number of aliphatic hydroxyl groups is 1. The van der Waals surface area contributed by atoms with Crippen molar-refractivity contribution < 1.29 is 31.8 Å². The summed E-state index contributed by atoms with van der Waals surface area (Å²) in [6.45, 7) is -0.825. The minimum absolute atomic E-state index is 0.0586. The van der Waals surface area contributed by atoms with Gasteiger partial charge in [-0.1, -0.05) is 30.3 Å². The van der Waals surface area contributed by atoms with Gasteiger partial charge in [-0.3, -0.25) is 0 Å². The van der Waals surface area contributed by atoms with Crippen LogP contribution in [0.3, 0.4) is 0 Å². The number of aromatic nitrogens is 1. The van der Waals surface area contributed by atoms with Crippen molar-refractivity contribution in [2.24, 2.45) is 0 Å². The zero-order valence-electron chi connectivity index (χ0n) is 15.0. The number of aryl methyl sites for hydroxylation is 1. The molecule has 29 heavy (non-hydrogen) atoms. The molecule has 0 aliphatic carbocycles. The van der Waals surface area contributed by atoms with Gasteiger partial charge >= 0.3 is 6.18 Å². The van der Waals surface area contributed by atoms with Crippen LogP contribution in [0, 0.1) is 11.6 Å². The van der Waals surface area contributed by atoms with Gasteiger partial charge in [0.1, 0.15) is 11.5 Å². The average molecular weight is 429 g/mol. The van der Waals surface area contributed by atoms with E-state index < -0.39 is 35.0 Å². The molecule has 0 aliphatic rings. The Morgan fingerprint density at radius 1 is 1.03 bits per heavy atom. The van der Waals surface area contributed by atoms with Crippen molar-refractivity contribution in [1.29, 1.82) is 0 Å². The van der Waals surface area contributed by atoms with Crippen LogP contribution in [0.2, 0.25) is 0 Å². The van der Waals surface area contributed by atoms with Crippen molar-refractivity contribution in [3.8, 4) is 17.0 Å². The van der Waals surface area contributed by atoms with E-state index in [0.29, 0.717) is 17.5 Å². The normalized spacial score (nSPS) is 11.7. The predicted molar refractivity (Wildman–Crippen MR) is 98.6 cm³/mol. The van der Waals surface area contributed by atoms with Gasteiger partial charge in [-0.2, -0.15) is 17.5 Å². The number of nitrogens with zero attached hydrogens (tertiary/aromatic N) is 1. The molecule has 1 heterocycles. The Kier molecular flexibility index (Phi) is 6.49. The highest BCUT2D eigenvalue weighted by atomic mass is 32.1. The van der Waals surface area contributed by atoms with Crippen LogP contribution in [-0.2, 0) is 19.2 Å². The monoisotopic (exact) mass is 429 g/mol. The molecule has 0 amide bonds. The Hall–Kier alpha value is -2.52. The van der Waals surface area contributed by atoms with Gasteiger partial charge in [0.25, 0.3) is 0 Å². The molecule has 0 unspecified atom stereocenters. The maximum absolute atomic E-state index is 14.3. The summed E-state index contributed by atoms with van der Waals surface area (Å²) in [6.07, 6.45) is -4.08. The highest BCUT2D eigenvalue weighted by Gasteiger charge is 2.38. The van der Waals surface area contributed by atoms with Gasteiger partial charge in [0.15, 0.2) is 17.4 Å². The van der Waals surface area contributed by atoms with Crippen molar-refractivity contribution in [2.75, 3.05) is 6.61 Å². The lowest BCUT2D eigenvalue weighted by Crippen LogP contribution is -2.09. The number of halogens is 5. The largest absolute Gasteiger partial charge is 0.483 e. The number of rotatable bonds is 7. The van der Waals surface area contributed by atoms with E-state index >= 15 is 0 Å². The molecule has 0 bridgehead atoms. The molecular formula is C20H16F5NO2S. The number of alkyl halides is 3. The molecule has 0 atom stereocenters. The molecule has 0 aliphatic heterocycles. The third kappa shape index (κ3) is 4.91. The van der Waals surface area contributed by atoms with Crippen molar-refractivity contribution in [2.45, 2.75) is 25.6 Å². The molecule has 9 heteroatoms. The number of aliphatic hydroxyl groups excluding tert-OH is 1. The van der Waals surface area contributed by atoms with Crippen LogP contribution < -0.4 is 4.74 Å². The van der Waals surface area contributed by atoms with E-state index in [0.717, 1.165) is 12.1 Å². The standard InChI is InChI=1S/C20H16F5NO2S/c21-15-9-12(5-4-8-27)10-16(22)18(15)28-11-14-17(13-6-2-1-3-7-13)26-29-19(14)20(23,24)25/h1-3,6-7,9-10,27H,4-5,8,11H2. The molecule has 0 radical (unpaired) electrons. The van der Waals surface area contributed by atoms with Crippen LogP contribution in [0.25, 0.3) is 11.3 Å². The van der Waals surface area contributed by atoms with E-state index in [9.17, 15) is 22.0 Å². The van der Waals surface area contributed by atoms with Crippen molar-refractivity contribution in [1.82, 2.24) is 4.37 Å². The summed E-state index contributed by atoms with van der Waals surface area (Å²) in [5.74, 6) is -2.79. The maximum Gasteiger partial charge on any atom is 0.427 e. The quantitative estimate of drug-likeness (QED) is 0.497. The fourth-order valence-electron chi connectivity index (χ4n) is 2.81. The van der Waals surface area contributed by atoms with Gasteiger partial charge < -0.3 is 9.84 Å². The van der Waals surface area contributed by atoms with E-state index in [1.54, 1.807) is 30.3 Å². The highest BCUT2D eigenvalue weighted by Crippen LogP contribution is 2.40. The fourth-order valence-corrected chi connectivity index (χ4v) is 3.58. The third-order valence-corrected chi connectivity index (χ3v) is 5.07. The smallest absolute Gasteiger partial charge is 0.427 e. The van der Waals surface area contributed by atoms with E-state index in [4.69, 9.17) is 9.84 Å². The molecule has 3 aromatic rings. The van der Waals surface area contributed by atoms with Crippen LogP contribution >= 0.6 is 11.5 Å². The van der Waals surface area contributed by atoms with Crippen molar-refractivity contribution >= 4 is 11.5 Å². The number of hydrogen-bond donors (Lipinski definition) is 1. The lowest BCUT2D eigenvalue weighted by Gasteiger charge is -2.13. The average Bonchev–Trinajstić information content (AvgIpc) is 3.11. The van der Waals surface area contributed by atoms with Gasteiger partial charge in [-0.25, -0.2) is 8.78 Å². The van der Waals surface area contributed by atoms with Gasteiger partial charge in [0, 0.05) is 17.7 Å². The zero-order chi connectivity index (χ0) is 21.0. The van der Waals surface area contributed by atoms with E-state index in [2.05, 4.69) is 4.37 Å². The lowest BCUT2D eigenvalue weighted by molar-refractivity contribution is -0.135. The second kappa shape index (κ2) is 8.87. The van der Waals surface area contributed by atoms with Crippen LogP contribution in [0.15, 0.2) is 42.5 Å². The Labute approximate surface area is 167 Å². The molecule has 3 rings (SSSR count). The molecular weight excluding hydrogens is 413 g/mol. The van der Waals surface area contributed by atoms with E-state index in [1.807, 2.05) is 0 Å². The predicted octanol–water partition coefficient (Wildman–Crippen LogP) is 5.61. The second-order valence-electron chi connectivity index (χ2n) is 6.21. The van der Waals surface area contributed by atoms with Crippen molar-refractivity contribution in [3.63, 3.8) is 0 Å². The lowest BCUT2D eigenvalue weighted by atomic mass is 10.1. The third-order valence-electron chi connectivity index (χ3n) is 4.14. The van der Waals surface area contributed by atoms with Crippen LogP contribution in [-0.4, -0.2) is 16.1 Å². The van der Waals surface area contributed by atoms with E-state index in [1.165, 1.54) is 0 Å². The first-order valence-electron chi connectivity index (χ1n) is 8.64. The van der Waals surface area contributed by atoms with Gasteiger partial charge in [0.2, 0.25) is 0 Å². The van der Waals surface area contributed by atoms with Gasteiger partial charge in [-0.05, 0) is 42.1 Å². The Bertz CT molecular complexity index is 950. The van der Waals surface area contributed by atoms with Gasteiger partial charge in [-0.15, -0.1) is 0 Å². The SMILES string of the molecule is OCCCc1cc(F)c(OCc2c(-c3ccccc3)nsc2C(F)(F)F)c(F)c1. The number of benzene rings is 2. The molecule has 1 aromatic heterocycles. The first kappa shape index (κ1) is 21.2. The van der Waals surface area contributed by atoms with Gasteiger partial charge in [0.05, 0.1) is 5.69 Å². The van der Waals surface area contributed by atoms with Crippen LogP contribution in [0.5, 0.6) is 5.75 Å². The summed E-state index contributed by atoms with van der Waals surface area (Å²) in [5, 5.41) is 8.81. The summed E-state index contributed by atoms with van der Waals surface area (Å²) in [7, 11) is 0. The second-order valence-corrected chi connectivity index (χ2v) is 6.98. The van der Waals surface area contributed by atoms with Crippen LogP contribution in [0.1, 0.15) is 22.4 Å². The molecule has 3 nitrogen and oxygen atoms in total. The zero-order valence-corrected chi connectivity index (χ0v) is 15.8. The summed E-state index contributed by atoms with van der Waals surface area (Å²) < 4.78 is 77.7. The maximum atomic E-state index is 14.3. The Morgan fingerprint density at radius 2 is 1.69 bits per heavy atom. The minimum Gasteiger partial charge on any atom is -0.483 e. The molecule has 0 saturated heterocycles. The number of ether oxygens (including phenoxy) is 1. The molecule has 0 fully saturated rings. The molecule has 2 aromatic carbocycles. The summed E-state index contributed by atoms with van der Waals surface area (Å²) >= 11 is 0.267. The Balaban J connectivity index is 1.92. The summed E-state index contributed by atoms with van der Waals surface area (Å²) in [5.41, 5.74) is 0.540. The van der Waals surface area contributed by atoms with Crippen LogP contribution in [0.4, 0.5) is 22.0 Å². The van der Waals surface area contributed by atoms with E-state index in [-0.39, 0.29) is 35.8 Å². The molecule has 1 N–H and O–H groups in total. The first-order valence-corrected chi connectivity index (χ1v) is 9.41. The summed E-state index contributed by atoms with van der Waals surface area (Å²) in [6, 6.07) is 10.3. The molecule has 154 valence electrons. The first-order chi connectivity index (χ1) is 13.8. The number of hydrogen-bond acceptors (Lipinski definition) is 4. The Morgan fingerprint density at radius 3 is 2.28 bits per heavy atom.